The van der Waals surface area contributed by atoms with Crippen molar-refractivity contribution in [2.24, 2.45) is 5.92 Å². The molecule has 7 heteroatoms. The molecule has 1 amide bonds. The van der Waals surface area contributed by atoms with Gasteiger partial charge >= 0.3 is 5.97 Å². The molecule has 1 saturated heterocycles. The summed E-state index contributed by atoms with van der Waals surface area (Å²) in [5.74, 6) is -1.21. The highest BCUT2D eigenvalue weighted by Crippen LogP contribution is 2.29. The van der Waals surface area contributed by atoms with E-state index in [1.807, 2.05) is 0 Å². The summed E-state index contributed by atoms with van der Waals surface area (Å²) in [5, 5.41) is 9.12. The highest BCUT2D eigenvalue weighted by Gasteiger charge is 2.34. The van der Waals surface area contributed by atoms with Gasteiger partial charge in [-0.1, -0.05) is 18.2 Å². The van der Waals surface area contributed by atoms with Gasteiger partial charge in [0.15, 0.2) is 0 Å². The molecule has 1 N–H and O–H groups in total. The number of likely N-dealkylation sites (tertiary alicyclic amines) is 1. The molecule has 0 saturated carbocycles. The minimum atomic E-state index is -0.975. The first-order valence-corrected chi connectivity index (χ1v) is 8.51. The van der Waals surface area contributed by atoms with E-state index in [-0.39, 0.29) is 37.8 Å². The van der Waals surface area contributed by atoms with Gasteiger partial charge in [-0.05, 0) is 18.2 Å². The Hall–Kier alpha value is -3.09. The lowest BCUT2D eigenvalue weighted by Crippen LogP contribution is -2.26. The molecular weight excluding hydrogens is 353 g/mol. The maximum absolute atomic E-state index is 13.8. The molecule has 2 aromatic rings. The zero-order chi connectivity index (χ0) is 19.4. The van der Waals surface area contributed by atoms with E-state index >= 15 is 0 Å². The minimum Gasteiger partial charge on any atom is -0.497 e. The van der Waals surface area contributed by atoms with Crippen LogP contribution in [0.1, 0.15) is 17.5 Å². The minimum absolute atomic E-state index is 0.00307. The van der Waals surface area contributed by atoms with E-state index in [1.165, 1.54) is 18.1 Å². The number of benzene rings is 2. The van der Waals surface area contributed by atoms with Crippen LogP contribution >= 0.6 is 0 Å². The molecule has 0 radical (unpaired) electrons. The van der Waals surface area contributed by atoms with Crippen molar-refractivity contribution in [2.45, 2.75) is 19.6 Å². The van der Waals surface area contributed by atoms with Gasteiger partial charge in [-0.3, -0.25) is 9.59 Å². The molecule has 1 aliphatic rings. The fourth-order valence-corrected chi connectivity index (χ4v) is 2.99. The van der Waals surface area contributed by atoms with Gasteiger partial charge in [-0.25, -0.2) is 4.39 Å². The number of carboxylic acids is 1. The van der Waals surface area contributed by atoms with Gasteiger partial charge in [0.2, 0.25) is 5.91 Å². The number of hydrogen-bond acceptors (Lipinski definition) is 4. The molecule has 0 bridgehead atoms. The van der Waals surface area contributed by atoms with Crippen LogP contribution in [-0.2, 0) is 22.7 Å². The average Bonchev–Trinajstić information content (AvgIpc) is 3.03. The van der Waals surface area contributed by atoms with E-state index in [0.717, 1.165) is 0 Å². The molecule has 1 aliphatic heterocycles. The lowest BCUT2D eigenvalue weighted by atomic mass is 10.1. The van der Waals surface area contributed by atoms with Gasteiger partial charge in [0.1, 0.15) is 23.9 Å². The van der Waals surface area contributed by atoms with Crippen molar-refractivity contribution in [2.75, 3.05) is 13.7 Å². The molecule has 1 atom stereocenters. The number of amides is 1. The van der Waals surface area contributed by atoms with Crippen molar-refractivity contribution in [1.29, 1.82) is 0 Å². The van der Waals surface area contributed by atoms with E-state index in [1.54, 1.807) is 36.4 Å². The second-order valence-corrected chi connectivity index (χ2v) is 6.37. The first kappa shape index (κ1) is 18.7. The third-order valence-corrected chi connectivity index (χ3v) is 4.54. The molecular formula is C20H20FNO5. The zero-order valence-corrected chi connectivity index (χ0v) is 14.9. The van der Waals surface area contributed by atoms with Crippen molar-refractivity contribution in [3.8, 4) is 11.5 Å². The smallest absolute Gasteiger partial charge is 0.308 e. The quantitative estimate of drug-likeness (QED) is 0.808. The lowest BCUT2D eigenvalue weighted by molar-refractivity contribution is -0.141. The van der Waals surface area contributed by atoms with Crippen LogP contribution in [0.2, 0.25) is 0 Å². The van der Waals surface area contributed by atoms with Gasteiger partial charge in [0, 0.05) is 36.7 Å². The molecule has 0 aromatic heterocycles. The number of rotatable bonds is 7. The predicted molar refractivity (Wildman–Crippen MR) is 94.9 cm³/mol. The first-order chi connectivity index (χ1) is 13.0. The van der Waals surface area contributed by atoms with E-state index in [0.29, 0.717) is 22.6 Å². The standard InChI is InChI=1S/C20H20FNO5/c1-26-16-7-6-13(10-22-11-15(20(24)25)8-19(22)23)18(9-16)27-12-14-4-2-3-5-17(14)21/h2-7,9,15H,8,10-12H2,1H3,(H,24,25). The molecule has 1 heterocycles. The molecule has 0 spiro atoms. The Bertz CT molecular complexity index is 854. The maximum atomic E-state index is 13.8. The predicted octanol–water partition coefficient (Wildman–Crippen LogP) is 2.85. The summed E-state index contributed by atoms with van der Waals surface area (Å²) in [6.07, 6.45) is -0.00307. The molecule has 1 unspecified atom stereocenters. The normalized spacial score (nSPS) is 16.4. The number of aliphatic carboxylic acids is 1. The number of carbonyl (C=O) groups is 2. The number of carbonyl (C=O) groups excluding carboxylic acids is 1. The van der Waals surface area contributed by atoms with Crippen molar-refractivity contribution in [3.63, 3.8) is 0 Å². The molecule has 27 heavy (non-hydrogen) atoms. The Balaban J connectivity index is 1.78. The zero-order valence-electron chi connectivity index (χ0n) is 14.9. The molecule has 1 fully saturated rings. The first-order valence-electron chi connectivity index (χ1n) is 8.51. The number of halogens is 1. The Morgan fingerprint density at radius 1 is 1.26 bits per heavy atom. The van der Waals surface area contributed by atoms with Gasteiger partial charge in [0.05, 0.1) is 13.0 Å². The molecule has 3 rings (SSSR count). The van der Waals surface area contributed by atoms with E-state index < -0.39 is 11.9 Å². The Labute approximate surface area is 156 Å². The van der Waals surface area contributed by atoms with Gasteiger partial charge < -0.3 is 19.5 Å². The van der Waals surface area contributed by atoms with E-state index in [4.69, 9.17) is 14.6 Å². The van der Waals surface area contributed by atoms with Crippen LogP contribution in [0.25, 0.3) is 0 Å². The fraction of sp³-hybridized carbons (Fsp3) is 0.300. The largest absolute Gasteiger partial charge is 0.497 e. The van der Waals surface area contributed by atoms with Crippen LogP contribution in [0.3, 0.4) is 0 Å². The van der Waals surface area contributed by atoms with Crippen LogP contribution in [0.5, 0.6) is 11.5 Å². The number of nitrogens with zero attached hydrogens (tertiary/aromatic N) is 1. The van der Waals surface area contributed by atoms with Crippen LogP contribution in [0.4, 0.5) is 4.39 Å². The summed E-state index contributed by atoms with van der Waals surface area (Å²) in [6.45, 7) is 0.407. The summed E-state index contributed by atoms with van der Waals surface area (Å²) in [5.41, 5.74) is 1.11. The van der Waals surface area contributed by atoms with Crippen molar-refractivity contribution < 1.29 is 28.6 Å². The fourth-order valence-electron chi connectivity index (χ4n) is 2.99. The third-order valence-electron chi connectivity index (χ3n) is 4.54. The summed E-state index contributed by atoms with van der Waals surface area (Å²) >= 11 is 0. The van der Waals surface area contributed by atoms with Gasteiger partial charge in [-0.15, -0.1) is 0 Å². The topological polar surface area (TPSA) is 76.1 Å². The number of hydrogen-bond donors (Lipinski definition) is 1. The summed E-state index contributed by atoms with van der Waals surface area (Å²) < 4.78 is 24.8. The van der Waals surface area contributed by atoms with Crippen LogP contribution in [-0.4, -0.2) is 35.5 Å². The molecule has 0 aliphatic carbocycles. The SMILES string of the molecule is COc1ccc(CN2CC(C(=O)O)CC2=O)c(OCc2ccccc2F)c1. The Morgan fingerprint density at radius 2 is 2.04 bits per heavy atom. The Kier molecular flexibility index (Phi) is 5.59. The van der Waals surface area contributed by atoms with Crippen molar-refractivity contribution in [3.05, 3.63) is 59.4 Å². The summed E-state index contributed by atoms with van der Waals surface area (Å²) in [6, 6.07) is 11.5. The van der Waals surface area contributed by atoms with Gasteiger partial charge in [-0.2, -0.15) is 0 Å². The molecule has 6 nitrogen and oxygen atoms in total. The monoisotopic (exact) mass is 373 g/mol. The van der Waals surface area contributed by atoms with Crippen molar-refractivity contribution >= 4 is 11.9 Å². The average molecular weight is 373 g/mol. The number of carboxylic acid groups (broad SMARTS) is 1. The van der Waals surface area contributed by atoms with E-state index in [9.17, 15) is 14.0 Å². The van der Waals surface area contributed by atoms with Crippen molar-refractivity contribution in [1.82, 2.24) is 4.90 Å². The second kappa shape index (κ2) is 8.07. The van der Waals surface area contributed by atoms with Crippen LogP contribution in [0, 0.1) is 11.7 Å². The Morgan fingerprint density at radius 3 is 2.70 bits per heavy atom. The third kappa shape index (κ3) is 4.36. The van der Waals surface area contributed by atoms with E-state index in [2.05, 4.69) is 0 Å². The summed E-state index contributed by atoms with van der Waals surface area (Å²) in [4.78, 5) is 24.7. The second-order valence-electron chi connectivity index (χ2n) is 6.37. The number of methoxy groups -OCH3 is 1. The highest BCUT2D eigenvalue weighted by molar-refractivity contribution is 5.86. The summed E-state index contributed by atoms with van der Waals surface area (Å²) in [7, 11) is 1.52. The molecule has 142 valence electrons. The number of ether oxygens (including phenoxy) is 2. The highest BCUT2D eigenvalue weighted by atomic mass is 19.1. The van der Waals surface area contributed by atoms with Gasteiger partial charge in [0.25, 0.3) is 0 Å². The van der Waals surface area contributed by atoms with Crippen LogP contribution < -0.4 is 9.47 Å². The maximum Gasteiger partial charge on any atom is 0.308 e. The van der Waals surface area contributed by atoms with Crippen LogP contribution in [0.15, 0.2) is 42.5 Å². The lowest BCUT2D eigenvalue weighted by Gasteiger charge is -2.19. The molecule has 2 aromatic carbocycles.